The Morgan fingerprint density at radius 1 is 1.17 bits per heavy atom. The quantitative estimate of drug-likeness (QED) is 0.778. The number of carbonyl (C=O) groups is 1. The van der Waals surface area contributed by atoms with Gasteiger partial charge in [-0.15, -0.1) is 0 Å². The van der Waals surface area contributed by atoms with Crippen molar-refractivity contribution < 1.29 is 9.18 Å². The second-order valence-electron chi connectivity index (χ2n) is 4.78. The third kappa shape index (κ3) is 3.70. The minimum atomic E-state index is -0.440. The molecule has 3 aromatic rings. The molecular formula is C16H14FN5O. The number of anilines is 1. The molecule has 3 rings (SSSR count). The Kier molecular flexibility index (Phi) is 4.28. The zero-order valence-corrected chi connectivity index (χ0v) is 12.1. The van der Waals surface area contributed by atoms with Gasteiger partial charge in [0.1, 0.15) is 5.82 Å². The van der Waals surface area contributed by atoms with Crippen LogP contribution in [0, 0.1) is 5.82 Å². The highest BCUT2D eigenvalue weighted by Crippen LogP contribution is 2.20. The van der Waals surface area contributed by atoms with Crippen LogP contribution in [0.4, 0.5) is 14.9 Å². The van der Waals surface area contributed by atoms with Crippen molar-refractivity contribution >= 4 is 11.7 Å². The van der Waals surface area contributed by atoms with E-state index in [0.29, 0.717) is 17.9 Å². The van der Waals surface area contributed by atoms with Gasteiger partial charge in [-0.05, 0) is 42.0 Å². The van der Waals surface area contributed by atoms with E-state index in [4.69, 9.17) is 0 Å². The number of amides is 2. The Morgan fingerprint density at radius 2 is 2.00 bits per heavy atom. The zero-order valence-electron chi connectivity index (χ0n) is 12.1. The average molecular weight is 311 g/mol. The number of aromatic nitrogens is 3. The van der Waals surface area contributed by atoms with E-state index in [0.717, 1.165) is 5.56 Å². The highest BCUT2D eigenvalue weighted by atomic mass is 19.1. The van der Waals surface area contributed by atoms with Gasteiger partial charge < -0.3 is 10.6 Å². The van der Waals surface area contributed by atoms with E-state index in [-0.39, 0.29) is 0 Å². The smallest absolute Gasteiger partial charge is 0.319 e. The molecule has 0 atom stereocenters. The van der Waals surface area contributed by atoms with Crippen LogP contribution in [-0.4, -0.2) is 20.8 Å². The molecule has 0 unspecified atom stereocenters. The Balaban J connectivity index is 1.72. The summed E-state index contributed by atoms with van der Waals surface area (Å²) in [5.74, 6) is -0.440. The molecule has 116 valence electrons. The van der Waals surface area contributed by atoms with Crippen LogP contribution in [0.1, 0.15) is 5.56 Å². The molecule has 0 saturated heterocycles. The second-order valence-corrected chi connectivity index (χ2v) is 4.78. The first-order valence-corrected chi connectivity index (χ1v) is 6.96. The molecule has 6 nitrogen and oxygen atoms in total. The number of benzene rings is 1. The first-order valence-electron chi connectivity index (χ1n) is 6.96. The zero-order chi connectivity index (χ0) is 16.1. The fourth-order valence-corrected chi connectivity index (χ4v) is 2.07. The van der Waals surface area contributed by atoms with Crippen molar-refractivity contribution in [3.8, 4) is 5.69 Å². The molecule has 0 spiro atoms. The first kappa shape index (κ1) is 14.7. The Hall–Kier alpha value is -3.22. The molecule has 0 aliphatic carbocycles. The molecule has 23 heavy (non-hydrogen) atoms. The SMILES string of the molecule is O=C(NCc1ccncc1)Nc1cc(F)ccc1-n1cccn1. The van der Waals surface area contributed by atoms with Gasteiger partial charge in [-0.1, -0.05) is 0 Å². The molecular weight excluding hydrogens is 297 g/mol. The molecule has 0 fully saturated rings. The number of carbonyl (C=O) groups excluding carboxylic acids is 1. The van der Waals surface area contributed by atoms with E-state index in [9.17, 15) is 9.18 Å². The number of nitrogens with zero attached hydrogens (tertiary/aromatic N) is 3. The molecule has 2 amide bonds. The number of rotatable bonds is 4. The molecule has 2 aromatic heterocycles. The van der Waals surface area contributed by atoms with Crippen LogP contribution >= 0.6 is 0 Å². The average Bonchev–Trinajstić information content (AvgIpc) is 3.08. The minimum Gasteiger partial charge on any atom is -0.334 e. The van der Waals surface area contributed by atoms with Crippen molar-refractivity contribution in [3.63, 3.8) is 0 Å². The maximum Gasteiger partial charge on any atom is 0.319 e. The fraction of sp³-hybridized carbons (Fsp3) is 0.0625. The van der Waals surface area contributed by atoms with Gasteiger partial charge in [0.15, 0.2) is 0 Å². The summed E-state index contributed by atoms with van der Waals surface area (Å²) in [5.41, 5.74) is 1.83. The summed E-state index contributed by atoms with van der Waals surface area (Å²) >= 11 is 0. The molecule has 0 saturated carbocycles. The predicted octanol–water partition coefficient (Wildman–Crippen LogP) is 2.73. The summed E-state index contributed by atoms with van der Waals surface area (Å²) < 4.78 is 15.0. The summed E-state index contributed by atoms with van der Waals surface area (Å²) in [7, 11) is 0. The van der Waals surface area contributed by atoms with Crippen molar-refractivity contribution in [2.45, 2.75) is 6.54 Å². The molecule has 0 aliphatic heterocycles. The third-order valence-corrected chi connectivity index (χ3v) is 3.16. The third-order valence-electron chi connectivity index (χ3n) is 3.16. The monoisotopic (exact) mass is 311 g/mol. The standard InChI is InChI=1S/C16H14FN5O/c17-13-2-3-15(22-9-1-6-20-22)14(10-13)21-16(23)19-11-12-4-7-18-8-5-12/h1-10H,11H2,(H2,19,21,23). The summed E-state index contributed by atoms with van der Waals surface area (Å²) in [6.45, 7) is 0.348. The van der Waals surface area contributed by atoms with E-state index in [1.54, 1.807) is 53.7 Å². The molecule has 0 bridgehead atoms. The van der Waals surface area contributed by atoms with Crippen molar-refractivity contribution in [1.82, 2.24) is 20.1 Å². The van der Waals surface area contributed by atoms with Gasteiger partial charge in [0.05, 0.1) is 11.4 Å². The maximum absolute atomic E-state index is 13.5. The summed E-state index contributed by atoms with van der Waals surface area (Å²) in [6, 6.07) is 9.05. The number of halogens is 1. The lowest BCUT2D eigenvalue weighted by molar-refractivity contribution is 0.251. The van der Waals surface area contributed by atoms with Gasteiger partial charge in [-0.25, -0.2) is 13.9 Å². The highest BCUT2D eigenvalue weighted by molar-refractivity contribution is 5.91. The maximum atomic E-state index is 13.5. The van der Waals surface area contributed by atoms with E-state index in [1.807, 2.05) is 0 Å². The van der Waals surface area contributed by atoms with Crippen molar-refractivity contribution in [2.75, 3.05) is 5.32 Å². The first-order chi connectivity index (χ1) is 11.2. The molecule has 2 N–H and O–H groups in total. The Bertz CT molecular complexity index is 789. The van der Waals surface area contributed by atoms with Crippen LogP contribution in [0.3, 0.4) is 0 Å². The van der Waals surface area contributed by atoms with Gasteiger partial charge >= 0.3 is 6.03 Å². The van der Waals surface area contributed by atoms with Crippen LogP contribution in [0.25, 0.3) is 5.69 Å². The number of nitrogens with one attached hydrogen (secondary N) is 2. The highest BCUT2D eigenvalue weighted by Gasteiger charge is 2.10. The number of hydrogen-bond donors (Lipinski definition) is 2. The number of hydrogen-bond acceptors (Lipinski definition) is 3. The summed E-state index contributed by atoms with van der Waals surface area (Å²) in [5, 5.41) is 9.45. The summed E-state index contributed by atoms with van der Waals surface area (Å²) in [4.78, 5) is 15.9. The lowest BCUT2D eigenvalue weighted by Crippen LogP contribution is -2.28. The van der Waals surface area contributed by atoms with E-state index < -0.39 is 11.8 Å². The van der Waals surface area contributed by atoms with Crippen molar-refractivity contribution in [1.29, 1.82) is 0 Å². The van der Waals surface area contributed by atoms with Gasteiger partial charge in [-0.3, -0.25) is 4.98 Å². The number of urea groups is 1. The number of pyridine rings is 1. The molecule has 2 heterocycles. The Labute approximate surface area is 132 Å². The minimum absolute atomic E-state index is 0.334. The van der Waals surface area contributed by atoms with E-state index >= 15 is 0 Å². The topological polar surface area (TPSA) is 71.8 Å². The molecule has 0 aliphatic rings. The summed E-state index contributed by atoms with van der Waals surface area (Å²) in [6.07, 6.45) is 6.62. The van der Waals surface area contributed by atoms with Gasteiger partial charge in [-0.2, -0.15) is 5.10 Å². The second kappa shape index (κ2) is 6.69. The largest absolute Gasteiger partial charge is 0.334 e. The molecule has 0 radical (unpaired) electrons. The predicted molar refractivity (Wildman–Crippen MR) is 83.6 cm³/mol. The van der Waals surface area contributed by atoms with Crippen LogP contribution in [0.2, 0.25) is 0 Å². The van der Waals surface area contributed by atoms with Gasteiger partial charge in [0, 0.05) is 31.3 Å². The fourth-order valence-electron chi connectivity index (χ4n) is 2.07. The normalized spacial score (nSPS) is 10.3. The van der Waals surface area contributed by atoms with Gasteiger partial charge in [0.25, 0.3) is 0 Å². The molecule has 7 heteroatoms. The Morgan fingerprint density at radius 3 is 2.74 bits per heavy atom. The van der Waals surface area contributed by atoms with Gasteiger partial charge in [0.2, 0.25) is 0 Å². The lowest BCUT2D eigenvalue weighted by Gasteiger charge is -2.12. The van der Waals surface area contributed by atoms with Crippen LogP contribution < -0.4 is 10.6 Å². The van der Waals surface area contributed by atoms with Crippen LogP contribution in [-0.2, 0) is 6.54 Å². The van der Waals surface area contributed by atoms with Crippen LogP contribution in [0.5, 0.6) is 0 Å². The van der Waals surface area contributed by atoms with Crippen LogP contribution in [0.15, 0.2) is 61.2 Å². The van der Waals surface area contributed by atoms with E-state index in [1.165, 1.54) is 12.1 Å². The molecule has 1 aromatic carbocycles. The van der Waals surface area contributed by atoms with Crippen molar-refractivity contribution in [2.24, 2.45) is 0 Å². The van der Waals surface area contributed by atoms with Crippen molar-refractivity contribution in [3.05, 3.63) is 72.6 Å². The van der Waals surface area contributed by atoms with E-state index in [2.05, 4.69) is 20.7 Å². The lowest BCUT2D eigenvalue weighted by atomic mass is 10.2.